The SMILES string of the molecule is OCCCCCC(S)S. The van der Waals surface area contributed by atoms with Gasteiger partial charge in [0.05, 0.1) is 0 Å². The molecule has 0 amide bonds. The molecule has 0 atom stereocenters. The Bertz CT molecular complexity index is 57.0. The minimum atomic E-state index is 0.212. The van der Waals surface area contributed by atoms with E-state index in [0.717, 1.165) is 25.7 Å². The monoisotopic (exact) mass is 166 g/mol. The standard InChI is InChI=1S/C6H14OS2/c7-5-3-1-2-4-6(8)9/h6-9H,1-5H2. The van der Waals surface area contributed by atoms with E-state index in [-0.39, 0.29) is 4.58 Å². The van der Waals surface area contributed by atoms with Crippen molar-refractivity contribution in [1.82, 2.24) is 0 Å². The molecule has 1 nitrogen and oxygen atoms in total. The molecule has 9 heavy (non-hydrogen) atoms. The molecule has 0 aliphatic rings. The number of aliphatic hydroxyl groups excluding tert-OH is 1. The minimum Gasteiger partial charge on any atom is -0.396 e. The second-order valence-electron chi connectivity index (χ2n) is 2.05. The van der Waals surface area contributed by atoms with Crippen molar-refractivity contribution in [2.45, 2.75) is 30.3 Å². The Morgan fingerprint density at radius 3 is 2.22 bits per heavy atom. The van der Waals surface area contributed by atoms with Gasteiger partial charge in [0, 0.05) is 11.2 Å². The predicted octanol–water partition coefficient (Wildman–Crippen LogP) is 1.72. The summed E-state index contributed by atoms with van der Waals surface area (Å²) >= 11 is 8.20. The highest BCUT2D eigenvalue weighted by atomic mass is 32.2. The van der Waals surface area contributed by atoms with Crippen LogP contribution in [0, 0.1) is 0 Å². The van der Waals surface area contributed by atoms with Gasteiger partial charge in [0.15, 0.2) is 0 Å². The van der Waals surface area contributed by atoms with Gasteiger partial charge in [-0.05, 0) is 12.8 Å². The molecule has 0 aromatic carbocycles. The lowest BCUT2D eigenvalue weighted by Crippen LogP contribution is -1.88. The topological polar surface area (TPSA) is 20.2 Å². The van der Waals surface area contributed by atoms with E-state index in [9.17, 15) is 0 Å². The van der Waals surface area contributed by atoms with Crippen molar-refractivity contribution in [3.8, 4) is 0 Å². The summed E-state index contributed by atoms with van der Waals surface area (Å²) in [5, 5.41) is 8.39. The molecule has 0 aliphatic carbocycles. The fraction of sp³-hybridized carbons (Fsp3) is 1.00. The molecular formula is C6H14OS2. The average molecular weight is 166 g/mol. The molecule has 0 saturated carbocycles. The molecule has 0 radical (unpaired) electrons. The molecule has 0 saturated heterocycles. The van der Waals surface area contributed by atoms with Gasteiger partial charge in [-0.2, -0.15) is 25.3 Å². The third-order valence-corrected chi connectivity index (χ3v) is 1.64. The van der Waals surface area contributed by atoms with Gasteiger partial charge in [0.1, 0.15) is 0 Å². The van der Waals surface area contributed by atoms with Crippen LogP contribution in [0.15, 0.2) is 0 Å². The van der Waals surface area contributed by atoms with Crippen molar-refractivity contribution >= 4 is 25.3 Å². The molecule has 0 heterocycles. The number of aliphatic hydroxyl groups is 1. The van der Waals surface area contributed by atoms with Crippen LogP contribution in [0.1, 0.15) is 25.7 Å². The highest BCUT2D eigenvalue weighted by Gasteiger charge is 1.93. The fourth-order valence-corrected chi connectivity index (χ4v) is 0.981. The molecule has 0 rings (SSSR count). The van der Waals surface area contributed by atoms with Gasteiger partial charge in [-0.25, -0.2) is 0 Å². The Hall–Kier alpha value is 0.660. The van der Waals surface area contributed by atoms with Crippen LogP contribution in [0.25, 0.3) is 0 Å². The lowest BCUT2D eigenvalue weighted by molar-refractivity contribution is 0.283. The van der Waals surface area contributed by atoms with Gasteiger partial charge in [-0.3, -0.25) is 0 Å². The Balaban J connectivity index is 2.75. The van der Waals surface area contributed by atoms with E-state index in [0.29, 0.717) is 6.61 Å². The van der Waals surface area contributed by atoms with Crippen molar-refractivity contribution < 1.29 is 5.11 Å². The zero-order valence-electron chi connectivity index (χ0n) is 5.45. The Labute approximate surface area is 67.7 Å². The van der Waals surface area contributed by atoms with Gasteiger partial charge in [0.2, 0.25) is 0 Å². The van der Waals surface area contributed by atoms with Crippen LogP contribution in [-0.4, -0.2) is 16.3 Å². The number of hydrogen-bond acceptors (Lipinski definition) is 3. The maximum absolute atomic E-state index is 8.39. The summed E-state index contributed by atoms with van der Waals surface area (Å²) in [7, 11) is 0. The molecule has 0 fully saturated rings. The van der Waals surface area contributed by atoms with Gasteiger partial charge in [-0.1, -0.05) is 12.8 Å². The van der Waals surface area contributed by atoms with Crippen LogP contribution < -0.4 is 0 Å². The zero-order chi connectivity index (χ0) is 7.11. The third kappa shape index (κ3) is 8.66. The number of hydrogen-bond donors (Lipinski definition) is 3. The van der Waals surface area contributed by atoms with Crippen LogP contribution in [0.4, 0.5) is 0 Å². The molecule has 0 aromatic rings. The zero-order valence-corrected chi connectivity index (χ0v) is 7.24. The summed E-state index contributed by atoms with van der Waals surface area (Å²) in [6.45, 7) is 0.309. The first-order valence-electron chi connectivity index (χ1n) is 3.24. The molecule has 1 N–H and O–H groups in total. The van der Waals surface area contributed by atoms with Crippen molar-refractivity contribution in [2.24, 2.45) is 0 Å². The van der Waals surface area contributed by atoms with Gasteiger partial charge in [0.25, 0.3) is 0 Å². The van der Waals surface area contributed by atoms with Crippen molar-refractivity contribution in [3.05, 3.63) is 0 Å². The molecule has 0 spiro atoms. The fourth-order valence-electron chi connectivity index (χ4n) is 0.615. The van der Waals surface area contributed by atoms with E-state index in [1.807, 2.05) is 0 Å². The van der Waals surface area contributed by atoms with E-state index in [4.69, 9.17) is 5.11 Å². The summed E-state index contributed by atoms with van der Waals surface area (Å²) in [4.78, 5) is 0. The summed E-state index contributed by atoms with van der Waals surface area (Å²) in [6.07, 6.45) is 4.16. The van der Waals surface area contributed by atoms with E-state index < -0.39 is 0 Å². The molecule has 0 aromatic heterocycles. The molecule has 0 bridgehead atoms. The van der Waals surface area contributed by atoms with Gasteiger partial charge in [-0.15, -0.1) is 0 Å². The number of unbranched alkanes of at least 4 members (excludes halogenated alkanes) is 2. The summed E-state index contributed by atoms with van der Waals surface area (Å²) in [5.41, 5.74) is 0. The minimum absolute atomic E-state index is 0.212. The number of rotatable bonds is 5. The Morgan fingerprint density at radius 1 is 1.11 bits per heavy atom. The first-order chi connectivity index (χ1) is 4.27. The maximum atomic E-state index is 8.39. The van der Waals surface area contributed by atoms with E-state index in [1.165, 1.54) is 0 Å². The molecule has 3 heteroatoms. The first-order valence-corrected chi connectivity index (χ1v) is 4.27. The second-order valence-corrected chi connectivity index (χ2v) is 3.71. The molecular weight excluding hydrogens is 152 g/mol. The highest BCUT2D eigenvalue weighted by Crippen LogP contribution is 2.10. The lowest BCUT2D eigenvalue weighted by atomic mass is 10.2. The van der Waals surface area contributed by atoms with E-state index in [1.54, 1.807) is 0 Å². The lowest BCUT2D eigenvalue weighted by Gasteiger charge is -2.00. The van der Waals surface area contributed by atoms with E-state index in [2.05, 4.69) is 25.3 Å². The van der Waals surface area contributed by atoms with Gasteiger partial charge < -0.3 is 5.11 Å². The van der Waals surface area contributed by atoms with Crippen LogP contribution in [0.5, 0.6) is 0 Å². The second kappa shape index (κ2) is 6.78. The first kappa shape index (κ1) is 9.66. The predicted molar refractivity (Wildman–Crippen MR) is 47.3 cm³/mol. The highest BCUT2D eigenvalue weighted by molar-refractivity contribution is 7.99. The molecule has 0 aliphatic heterocycles. The van der Waals surface area contributed by atoms with Crippen LogP contribution in [0.3, 0.4) is 0 Å². The Kier molecular flexibility index (Phi) is 7.27. The number of thiol groups is 2. The quantitative estimate of drug-likeness (QED) is 0.323. The maximum Gasteiger partial charge on any atom is 0.0442 e. The van der Waals surface area contributed by atoms with Crippen molar-refractivity contribution in [1.29, 1.82) is 0 Å². The van der Waals surface area contributed by atoms with E-state index >= 15 is 0 Å². The third-order valence-electron chi connectivity index (χ3n) is 1.12. The Morgan fingerprint density at radius 2 is 1.78 bits per heavy atom. The normalized spacial score (nSPS) is 10.7. The van der Waals surface area contributed by atoms with Crippen LogP contribution >= 0.6 is 25.3 Å². The van der Waals surface area contributed by atoms with Crippen molar-refractivity contribution in [2.75, 3.05) is 6.61 Å². The summed E-state index contributed by atoms with van der Waals surface area (Å²) in [6, 6.07) is 0. The largest absolute Gasteiger partial charge is 0.396 e. The van der Waals surface area contributed by atoms with Gasteiger partial charge >= 0.3 is 0 Å². The smallest absolute Gasteiger partial charge is 0.0442 e. The molecule has 56 valence electrons. The van der Waals surface area contributed by atoms with Crippen LogP contribution in [-0.2, 0) is 0 Å². The molecule has 0 unspecified atom stereocenters. The van der Waals surface area contributed by atoms with Crippen LogP contribution in [0.2, 0.25) is 0 Å². The summed E-state index contributed by atoms with van der Waals surface area (Å²) < 4.78 is 0.212. The summed E-state index contributed by atoms with van der Waals surface area (Å²) in [5.74, 6) is 0. The van der Waals surface area contributed by atoms with Crippen molar-refractivity contribution in [3.63, 3.8) is 0 Å². The average Bonchev–Trinajstić information content (AvgIpc) is 1.80.